The predicted molar refractivity (Wildman–Crippen MR) is 128 cm³/mol. The number of fused-ring (bicyclic) bond motifs is 8. The van der Waals surface area contributed by atoms with Gasteiger partial charge in [-0.15, -0.1) is 0 Å². The van der Waals surface area contributed by atoms with Gasteiger partial charge in [-0.1, -0.05) is 11.1 Å². The molecule has 5 heterocycles. The van der Waals surface area contributed by atoms with E-state index in [4.69, 9.17) is 9.97 Å². The van der Waals surface area contributed by atoms with Crippen molar-refractivity contribution in [3.63, 3.8) is 0 Å². The summed E-state index contributed by atoms with van der Waals surface area (Å²) in [4.78, 5) is 16.8. The van der Waals surface area contributed by atoms with Crippen molar-refractivity contribution in [1.82, 2.24) is 19.9 Å². The molecule has 0 amide bonds. The quantitative estimate of drug-likeness (QED) is 0.388. The first-order valence-electron chi connectivity index (χ1n) is 10.2. The van der Waals surface area contributed by atoms with Crippen LogP contribution in [0.3, 0.4) is 0 Å². The van der Waals surface area contributed by atoms with E-state index in [1.165, 1.54) is 16.4 Å². The minimum Gasteiger partial charge on any atom is -0.355 e. The number of rotatable bonds is 0. The van der Waals surface area contributed by atoms with E-state index in [1.54, 1.807) is 0 Å². The van der Waals surface area contributed by atoms with E-state index in [1.807, 2.05) is 0 Å². The normalized spacial score (nSPS) is 12.4. The smallest absolute Gasteiger partial charge is 0.0731 e. The zero-order chi connectivity index (χ0) is 20.8. The summed E-state index contributed by atoms with van der Waals surface area (Å²) in [5, 5.41) is 2.27. The molecule has 0 saturated heterocycles. The highest BCUT2D eigenvalue weighted by Gasteiger charge is 2.08. The van der Waals surface area contributed by atoms with Gasteiger partial charge in [0.05, 0.1) is 22.8 Å². The molecule has 2 aliphatic heterocycles. The van der Waals surface area contributed by atoms with Crippen LogP contribution in [0.15, 0.2) is 36.4 Å². The van der Waals surface area contributed by atoms with Crippen molar-refractivity contribution in [3.8, 4) is 0 Å². The standard InChI is InChI=1S/C26H24N4/c1-15(2)25-21-9-5-17(27-21)13-19-7-11-23(29-19)26(16(3)4)24-12-8-20(30-24)14-18-6-10-22(25)28-18/h5-14,27-28H,1-4H3. The topological polar surface area (TPSA) is 57.4 Å². The maximum atomic E-state index is 4.87. The van der Waals surface area contributed by atoms with Crippen LogP contribution < -0.4 is 10.4 Å². The third-order valence-corrected chi connectivity index (χ3v) is 5.40. The second-order valence-electron chi connectivity index (χ2n) is 8.20. The van der Waals surface area contributed by atoms with Gasteiger partial charge in [-0.2, -0.15) is 0 Å². The molecule has 0 saturated carbocycles. The lowest BCUT2D eigenvalue weighted by molar-refractivity contribution is 1.23. The Labute approximate surface area is 175 Å². The molecule has 4 nitrogen and oxygen atoms in total. The van der Waals surface area contributed by atoms with E-state index in [2.05, 4.69) is 98.4 Å². The number of hydrogen-bond acceptors (Lipinski definition) is 2. The minimum absolute atomic E-state index is 0.934. The Morgan fingerprint density at radius 1 is 0.600 bits per heavy atom. The summed E-state index contributed by atoms with van der Waals surface area (Å²) in [5.74, 6) is 0. The fourth-order valence-corrected chi connectivity index (χ4v) is 4.12. The van der Waals surface area contributed by atoms with Gasteiger partial charge in [0.15, 0.2) is 0 Å². The van der Waals surface area contributed by atoms with E-state index in [-0.39, 0.29) is 0 Å². The summed E-state index contributed by atoms with van der Waals surface area (Å²) >= 11 is 0. The van der Waals surface area contributed by atoms with Gasteiger partial charge in [-0.3, -0.25) is 0 Å². The first-order valence-corrected chi connectivity index (χ1v) is 10.2. The molecule has 30 heavy (non-hydrogen) atoms. The monoisotopic (exact) mass is 392 g/mol. The molecule has 0 atom stereocenters. The Balaban J connectivity index is 2.00. The molecular formula is C26H24N4. The average Bonchev–Trinajstić information content (AvgIpc) is 3.46. The maximum Gasteiger partial charge on any atom is 0.0731 e. The van der Waals surface area contributed by atoms with E-state index in [0.29, 0.717) is 0 Å². The molecule has 2 aliphatic rings. The van der Waals surface area contributed by atoms with Crippen LogP contribution in [0.1, 0.15) is 50.5 Å². The number of nitrogens with zero attached hydrogens (tertiary/aromatic N) is 2. The van der Waals surface area contributed by atoms with E-state index >= 15 is 0 Å². The number of aromatic amines is 2. The molecule has 3 aromatic rings. The molecule has 148 valence electrons. The van der Waals surface area contributed by atoms with Crippen molar-refractivity contribution in [2.75, 3.05) is 0 Å². The first kappa shape index (κ1) is 18.4. The fourth-order valence-electron chi connectivity index (χ4n) is 4.12. The van der Waals surface area contributed by atoms with Crippen LogP contribution in [-0.2, 0) is 0 Å². The largest absolute Gasteiger partial charge is 0.355 e. The number of hydrogen-bond donors (Lipinski definition) is 2. The molecule has 0 fully saturated rings. The summed E-state index contributed by atoms with van der Waals surface area (Å²) < 4.78 is 0. The molecule has 0 aliphatic carbocycles. The van der Waals surface area contributed by atoms with Gasteiger partial charge in [0.25, 0.3) is 0 Å². The SMILES string of the molecule is CC(C)=c1c2nc(cc3ccc([nH]3)c(=C(C)C)c3ccc(cc4nc1C=C4)[nH]3)C=C2. The number of nitrogens with one attached hydrogen (secondary N) is 2. The molecule has 8 bridgehead atoms. The van der Waals surface area contributed by atoms with Crippen LogP contribution in [0.4, 0.5) is 0 Å². The van der Waals surface area contributed by atoms with Crippen LogP contribution in [0.5, 0.6) is 0 Å². The summed E-state index contributed by atoms with van der Waals surface area (Å²) in [6.07, 6.45) is 8.27. The Morgan fingerprint density at radius 2 is 1.07 bits per heavy atom. The average molecular weight is 393 g/mol. The number of H-pyrrole nitrogens is 2. The second kappa shape index (κ2) is 6.99. The van der Waals surface area contributed by atoms with Gasteiger partial charge in [0, 0.05) is 32.5 Å². The van der Waals surface area contributed by atoms with Crippen molar-refractivity contribution >= 4 is 57.5 Å². The lowest BCUT2D eigenvalue weighted by atomic mass is 10.1. The second-order valence-corrected chi connectivity index (χ2v) is 8.20. The summed E-state index contributed by atoms with van der Waals surface area (Å²) in [5.41, 5.74) is 10.5. The fraction of sp³-hybridized carbons (Fsp3) is 0.154. The number of aromatic nitrogens is 4. The molecule has 0 unspecified atom stereocenters. The zero-order valence-corrected chi connectivity index (χ0v) is 17.7. The molecule has 5 rings (SSSR count). The Hall–Kier alpha value is -3.66. The Morgan fingerprint density at radius 3 is 1.50 bits per heavy atom. The van der Waals surface area contributed by atoms with Crippen molar-refractivity contribution in [2.24, 2.45) is 0 Å². The molecule has 0 radical (unpaired) electrons. The molecule has 4 heteroatoms. The Kier molecular flexibility index (Phi) is 4.28. The molecule has 2 N–H and O–H groups in total. The van der Waals surface area contributed by atoms with E-state index in [0.717, 1.165) is 50.1 Å². The maximum absolute atomic E-state index is 4.87. The molecule has 0 aromatic carbocycles. The lowest BCUT2D eigenvalue weighted by Gasteiger charge is -1.95. The lowest BCUT2D eigenvalue weighted by Crippen LogP contribution is -2.12. The van der Waals surface area contributed by atoms with Crippen LogP contribution in [0.2, 0.25) is 0 Å². The van der Waals surface area contributed by atoms with Crippen LogP contribution in [-0.4, -0.2) is 19.9 Å². The highest BCUT2D eigenvalue weighted by Crippen LogP contribution is 2.15. The van der Waals surface area contributed by atoms with E-state index < -0.39 is 0 Å². The zero-order valence-electron chi connectivity index (χ0n) is 17.7. The van der Waals surface area contributed by atoms with Crippen LogP contribution >= 0.6 is 0 Å². The predicted octanol–water partition coefficient (Wildman–Crippen LogP) is 5.04. The van der Waals surface area contributed by atoms with Gasteiger partial charge in [-0.05, 0) is 88.4 Å². The summed E-state index contributed by atoms with van der Waals surface area (Å²) in [6, 6.07) is 12.6. The van der Waals surface area contributed by atoms with Crippen molar-refractivity contribution < 1.29 is 0 Å². The molecular weight excluding hydrogens is 368 g/mol. The highest BCUT2D eigenvalue weighted by atomic mass is 14.8. The third kappa shape index (κ3) is 3.20. The van der Waals surface area contributed by atoms with Gasteiger partial charge in [0.1, 0.15) is 0 Å². The van der Waals surface area contributed by atoms with Gasteiger partial charge in [0.2, 0.25) is 0 Å². The van der Waals surface area contributed by atoms with Crippen molar-refractivity contribution in [2.45, 2.75) is 27.7 Å². The van der Waals surface area contributed by atoms with Crippen molar-refractivity contribution in [3.05, 3.63) is 69.6 Å². The highest BCUT2D eigenvalue weighted by molar-refractivity contribution is 5.79. The van der Waals surface area contributed by atoms with E-state index in [9.17, 15) is 0 Å². The molecule has 3 aromatic heterocycles. The third-order valence-electron chi connectivity index (χ3n) is 5.40. The Bertz CT molecular complexity index is 1420. The molecule has 0 spiro atoms. The van der Waals surface area contributed by atoms with Gasteiger partial charge in [-0.25, -0.2) is 9.97 Å². The van der Waals surface area contributed by atoms with Gasteiger partial charge >= 0.3 is 0 Å². The summed E-state index contributed by atoms with van der Waals surface area (Å²) in [7, 11) is 0. The van der Waals surface area contributed by atoms with Crippen LogP contribution in [0.25, 0.3) is 57.5 Å². The first-order chi connectivity index (χ1) is 14.5. The van der Waals surface area contributed by atoms with Gasteiger partial charge < -0.3 is 9.97 Å². The summed E-state index contributed by atoms with van der Waals surface area (Å²) in [6.45, 7) is 8.50. The minimum atomic E-state index is 0.934. The van der Waals surface area contributed by atoms with Crippen LogP contribution in [0, 0.1) is 0 Å². The van der Waals surface area contributed by atoms with Crippen molar-refractivity contribution in [1.29, 1.82) is 0 Å².